The lowest BCUT2D eigenvalue weighted by Gasteiger charge is -2.27. The van der Waals surface area contributed by atoms with Crippen molar-refractivity contribution in [2.24, 2.45) is 5.92 Å². The highest BCUT2D eigenvalue weighted by atomic mass is 32.2. The third-order valence-corrected chi connectivity index (χ3v) is 5.94. The average molecular weight is 398 g/mol. The van der Waals surface area contributed by atoms with E-state index in [0.717, 1.165) is 10.5 Å². The highest BCUT2D eigenvalue weighted by molar-refractivity contribution is 8.00. The number of aromatic nitrogens is 1. The van der Waals surface area contributed by atoms with Crippen molar-refractivity contribution >= 4 is 17.5 Å². The third kappa shape index (κ3) is 4.90. The van der Waals surface area contributed by atoms with Gasteiger partial charge in [0.25, 0.3) is 0 Å². The summed E-state index contributed by atoms with van der Waals surface area (Å²) in [5, 5.41) is 18.7. The van der Waals surface area contributed by atoms with Crippen LogP contribution in [0.2, 0.25) is 0 Å². The van der Waals surface area contributed by atoms with Crippen LogP contribution in [0.15, 0.2) is 84.0 Å². The number of hydrogen-bond acceptors (Lipinski definition) is 5. The second-order valence-electron chi connectivity index (χ2n) is 6.63. The number of pyridine rings is 1. The van der Waals surface area contributed by atoms with Crippen molar-refractivity contribution < 1.29 is 4.79 Å². The molecule has 0 amide bonds. The Hall–Kier alpha value is -3.41. The van der Waals surface area contributed by atoms with Gasteiger partial charge in [-0.25, -0.2) is 0 Å². The van der Waals surface area contributed by atoms with Crippen LogP contribution in [0, 0.1) is 35.5 Å². The highest BCUT2D eigenvalue weighted by Crippen LogP contribution is 2.40. The predicted octanol–water partition coefficient (Wildman–Crippen LogP) is 5.18. The largest absolute Gasteiger partial charge is 0.293 e. The number of carbonyl (C=O) groups is 1. The molecule has 1 aromatic heterocycles. The van der Waals surface area contributed by atoms with Crippen LogP contribution in [0.25, 0.3) is 0 Å². The Morgan fingerprint density at radius 1 is 0.966 bits per heavy atom. The molecule has 142 valence electrons. The number of Topliss-reactive ketones (excluding diaryl/α,β-unsaturated/α-hetero) is 1. The number of hydrogen-bond donors (Lipinski definition) is 0. The lowest BCUT2D eigenvalue weighted by Crippen LogP contribution is -2.30. The SMILES string of the molecule is Cc1ccc(S[C@@H](C(=O)c2ccccc2)[C@@H](c2cccnc2)C(C#N)C#N)cc1. The fourth-order valence-electron chi connectivity index (χ4n) is 3.12. The van der Waals surface area contributed by atoms with Crippen molar-refractivity contribution in [3.63, 3.8) is 0 Å². The van der Waals surface area contributed by atoms with Crippen molar-refractivity contribution in [3.05, 3.63) is 95.8 Å². The number of nitrogens with zero attached hydrogens (tertiary/aromatic N) is 3. The van der Waals surface area contributed by atoms with E-state index >= 15 is 0 Å². The van der Waals surface area contributed by atoms with Gasteiger partial charge in [0, 0.05) is 28.8 Å². The first-order valence-electron chi connectivity index (χ1n) is 9.15. The van der Waals surface area contributed by atoms with Crippen LogP contribution < -0.4 is 0 Å². The Morgan fingerprint density at radius 3 is 2.24 bits per heavy atom. The van der Waals surface area contributed by atoms with E-state index in [1.54, 1.807) is 30.6 Å². The summed E-state index contributed by atoms with van der Waals surface area (Å²) in [5.74, 6) is -1.70. The van der Waals surface area contributed by atoms with Crippen molar-refractivity contribution in [1.82, 2.24) is 4.98 Å². The summed E-state index contributed by atoms with van der Waals surface area (Å²) in [6, 6.07) is 24.6. The van der Waals surface area contributed by atoms with Gasteiger partial charge in [-0.15, -0.1) is 11.8 Å². The topological polar surface area (TPSA) is 77.5 Å². The molecular weight excluding hydrogens is 378 g/mol. The van der Waals surface area contributed by atoms with E-state index in [9.17, 15) is 15.3 Å². The molecule has 3 aromatic rings. The second-order valence-corrected chi connectivity index (χ2v) is 7.84. The molecule has 4 nitrogen and oxygen atoms in total. The molecule has 0 spiro atoms. The fraction of sp³-hybridized carbons (Fsp3) is 0.167. The van der Waals surface area contributed by atoms with Gasteiger partial charge in [-0.3, -0.25) is 9.78 Å². The molecule has 0 unspecified atom stereocenters. The number of nitriles is 2. The van der Waals surface area contributed by atoms with Gasteiger partial charge < -0.3 is 0 Å². The molecule has 0 aliphatic rings. The van der Waals surface area contributed by atoms with Crippen molar-refractivity contribution in [1.29, 1.82) is 10.5 Å². The molecular formula is C24H19N3OS. The molecule has 2 aromatic carbocycles. The quantitative estimate of drug-likeness (QED) is 0.405. The molecule has 0 bridgehead atoms. The normalized spacial score (nSPS) is 12.6. The van der Waals surface area contributed by atoms with Gasteiger partial charge in [-0.1, -0.05) is 54.1 Å². The molecule has 0 aliphatic heterocycles. The van der Waals surface area contributed by atoms with Crippen LogP contribution in [-0.4, -0.2) is 16.0 Å². The highest BCUT2D eigenvalue weighted by Gasteiger charge is 2.37. The number of rotatable bonds is 7. The number of ketones is 1. The van der Waals surface area contributed by atoms with Crippen LogP contribution in [0.4, 0.5) is 0 Å². The zero-order valence-electron chi connectivity index (χ0n) is 15.9. The summed E-state index contributed by atoms with van der Waals surface area (Å²) in [6.45, 7) is 2.00. The molecule has 0 N–H and O–H groups in total. The minimum absolute atomic E-state index is 0.111. The molecule has 3 rings (SSSR count). The molecule has 0 saturated carbocycles. The molecule has 5 heteroatoms. The van der Waals surface area contributed by atoms with E-state index in [1.807, 2.05) is 55.5 Å². The smallest absolute Gasteiger partial charge is 0.176 e. The molecule has 0 aliphatic carbocycles. The Morgan fingerprint density at radius 2 is 1.66 bits per heavy atom. The van der Waals surface area contributed by atoms with Crippen LogP contribution in [-0.2, 0) is 0 Å². The van der Waals surface area contributed by atoms with Gasteiger partial charge >= 0.3 is 0 Å². The van der Waals surface area contributed by atoms with Crippen LogP contribution in [0.5, 0.6) is 0 Å². The summed E-state index contributed by atoms with van der Waals surface area (Å²) in [5.41, 5.74) is 2.38. The van der Waals surface area contributed by atoms with Gasteiger partial charge in [-0.2, -0.15) is 10.5 Å². The minimum atomic E-state index is -0.977. The first kappa shape index (κ1) is 20.3. The number of thioether (sulfide) groups is 1. The summed E-state index contributed by atoms with van der Waals surface area (Å²) in [7, 11) is 0. The summed E-state index contributed by atoms with van der Waals surface area (Å²) in [6.07, 6.45) is 3.27. The van der Waals surface area contributed by atoms with Gasteiger partial charge in [0.15, 0.2) is 5.78 Å². The van der Waals surface area contributed by atoms with Gasteiger partial charge in [0.05, 0.1) is 17.4 Å². The van der Waals surface area contributed by atoms with Crippen molar-refractivity contribution in [2.75, 3.05) is 0 Å². The van der Waals surface area contributed by atoms with Crippen molar-refractivity contribution in [2.45, 2.75) is 23.0 Å². The van der Waals surface area contributed by atoms with Crippen molar-refractivity contribution in [3.8, 4) is 12.1 Å². The number of carbonyl (C=O) groups excluding carboxylic acids is 1. The van der Waals surface area contributed by atoms with Crippen LogP contribution >= 0.6 is 11.8 Å². The van der Waals surface area contributed by atoms with Crippen LogP contribution in [0.3, 0.4) is 0 Å². The van der Waals surface area contributed by atoms with Gasteiger partial charge in [-0.05, 0) is 30.7 Å². The zero-order chi connectivity index (χ0) is 20.6. The second kappa shape index (κ2) is 9.68. The Labute approximate surface area is 174 Å². The van der Waals surface area contributed by atoms with E-state index in [0.29, 0.717) is 11.1 Å². The molecule has 0 saturated heterocycles. The molecule has 2 atom stereocenters. The maximum atomic E-state index is 13.5. The van der Waals surface area contributed by atoms with Gasteiger partial charge in [0.2, 0.25) is 0 Å². The van der Waals surface area contributed by atoms with E-state index < -0.39 is 17.1 Å². The third-order valence-electron chi connectivity index (χ3n) is 4.63. The van der Waals surface area contributed by atoms with E-state index in [2.05, 4.69) is 17.1 Å². The summed E-state index contributed by atoms with van der Waals surface area (Å²) >= 11 is 1.38. The number of benzene rings is 2. The average Bonchev–Trinajstić information content (AvgIpc) is 2.78. The molecule has 0 radical (unpaired) electrons. The Balaban J connectivity index is 2.10. The first-order valence-corrected chi connectivity index (χ1v) is 10.0. The first-order chi connectivity index (χ1) is 14.1. The van der Waals surface area contributed by atoms with E-state index in [4.69, 9.17) is 0 Å². The van der Waals surface area contributed by atoms with Gasteiger partial charge in [0.1, 0.15) is 5.92 Å². The lowest BCUT2D eigenvalue weighted by atomic mass is 9.83. The maximum absolute atomic E-state index is 13.5. The van der Waals surface area contributed by atoms with Crippen LogP contribution in [0.1, 0.15) is 27.4 Å². The molecule has 29 heavy (non-hydrogen) atoms. The fourth-order valence-corrected chi connectivity index (χ4v) is 4.42. The summed E-state index contributed by atoms with van der Waals surface area (Å²) < 4.78 is 0. The standard InChI is InChI=1S/C24H19N3OS/c1-17-9-11-21(12-10-17)29-24(23(28)18-6-3-2-4-7-18)22(20(14-25)15-26)19-8-5-13-27-16-19/h2-13,16,20,22,24H,1H3/t22-,24+/m0/s1. The Kier molecular flexibility index (Phi) is 6.79. The monoisotopic (exact) mass is 397 g/mol. The Bertz CT molecular complexity index is 1020. The molecule has 1 heterocycles. The van der Waals surface area contributed by atoms with E-state index in [-0.39, 0.29) is 5.78 Å². The summed E-state index contributed by atoms with van der Waals surface area (Å²) in [4.78, 5) is 18.6. The lowest BCUT2D eigenvalue weighted by molar-refractivity contribution is 0.0978. The minimum Gasteiger partial charge on any atom is -0.293 e. The van der Waals surface area contributed by atoms with E-state index in [1.165, 1.54) is 11.8 Å². The molecule has 0 fully saturated rings. The number of aryl methyl sites for hydroxylation is 1. The maximum Gasteiger partial charge on any atom is 0.176 e. The zero-order valence-corrected chi connectivity index (χ0v) is 16.7. The predicted molar refractivity (Wildman–Crippen MR) is 113 cm³/mol.